The van der Waals surface area contributed by atoms with Crippen molar-refractivity contribution in [1.29, 1.82) is 0 Å². The number of benzene rings is 2. The van der Waals surface area contributed by atoms with Gasteiger partial charge in [-0.3, -0.25) is 0 Å². The van der Waals surface area contributed by atoms with Crippen LogP contribution in [-0.2, 0) is 19.4 Å². The first-order valence-electron chi connectivity index (χ1n) is 11.7. The van der Waals surface area contributed by atoms with Gasteiger partial charge in [-0.1, -0.05) is 53.0 Å². The van der Waals surface area contributed by atoms with Crippen molar-refractivity contribution in [3.63, 3.8) is 0 Å². The van der Waals surface area contributed by atoms with Crippen molar-refractivity contribution in [2.45, 2.75) is 38.6 Å². The highest BCUT2D eigenvalue weighted by Crippen LogP contribution is 2.36. The number of aromatic nitrogens is 4. The van der Waals surface area contributed by atoms with E-state index in [9.17, 15) is 0 Å². The molecule has 5 rings (SSSR count). The molecule has 8 heteroatoms. The van der Waals surface area contributed by atoms with Gasteiger partial charge in [0.15, 0.2) is 5.65 Å². The molecule has 3 heterocycles. The van der Waals surface area contributed by atoms with Crippen molar-refractivity contribution < 1.29 is 0 Å². The van der Waals surface area contributed by atoms with Crippen molar-refractivity contribution >= 4 is 46.0 Å². The summed E-state index contributed by atoms with van der Waals surface area (Å²) in [6.45, 7) is 2.97. The van der Waals surface area contributed by atoms with Crippen LogP contribution in [0, 0.1) is 5.92 Å². The molecular formula is C26H26Cl3N5. The fraction of sp³-hybridized carbons (Fsp3) is 0.346. The molecule has 0 unspecified atom stereocenters. The summed E-state index contributed by atoms with van der Waals surface area (Å²) < 4.78 is 2.18. The normalized spacial score (nSPS) is 14.7. The van der Waals surface area contributed by atoms with Crippen molar-refractivity contribution in [1.82, 2.24) is 24.8 Å². The van der Waals surface area contributed by atoms with Gasteiger partial charge in [0.1, 0.15) is 17.2 Å². The van der Waals surface area contributed by atoms with Crippen molar-refractivity contribution in [3.8, 4) is 11.4 Å². The molecule has 0 amide bonds. The smallest absolute Gasteiger partial charge is 0.164 e. The average molecular weight is 515 g/mol. The summed E-state index contributed by atoms with van der Waals surface area (Å²) in [7, 11) is 0. The third-order valence-electron chi connectivity index (χ3n) is 6.49. The van der Waals surface area contributed by atoms with Crippen molar-refractivity contribution in [3.05, 3.63) is 75.1 Å². The molecular weight excluding hydrogens is 489 g/mol. The van der Waals surface area contributed by atoms with Gasteiger partial charge in [-0.15, -0.1) is 0 Å². The second-order valence-electron chi connectivity index (χ2n) is 8.79. The zero-order chi connectivity index (χ0) is 23.5. The lowest BCUT2D eigenvalue weighted by atomic mass is 9.95. The van der Waals surface area contributed by atoms with Crippen LogP contribution in [0.5, 0.6) is 0 Å². The second-order valence-corrected chi connectivity index (χ2v) is 10.0. The summed E-state index contributed by atoms with van der Waals surface area (Å²) >= 11 is 19.2. The molecule has 176 valence electrons. The maximum atomic E-state index is 6.58. The Bertz CT molecular complexity index is 1260. The zero-order valence-corrected chi connectivity index (χ0v) is 21.0. The van der Waals surface area contributed by atoms with Crippen LogP contribution in [0.3, 0.4) is 0 Å². The highest BCUT2D eigenvalue weighted by molar-refractivity contribution is 6.39. The van der Waals surface area contributed by atoms with Gasteiger partial charge in [0.05, 0.1) is 21.8 Å². The van der Waals surface area contributed by atoms with Gasteiger partial charge in [-0.25, -0.2) is 15.0 Å². The molecule has 0 spiro atoms. The van der Waals surface area contributed by atoms with Gasteiger partial charge < -0.3 is 9.88 Å². The molecule has 0 radical (unpaired) electrons. The van der Waals surface area contributed by atoms with Gasteiger partial charge in [-0.05, 0) is 74.5 Å². The van der Waals surface area contributed by atoms with E-state index in [2.05, 4.69) is 14.9 Å². The fourth-order valence-corrected chi connectivity index (χ4v) is 5.27. The van der Waals surface area contributed by atoms with E-state index in [0.717, 1.165) is 72.3 Å². The number of fused-ring (bicyclic) bond motifs is 1. The molecule has 1 aliphatic heterocycles. The quantitative estimate of drug-likeness (QED) is 0.301. The monoisotopic (exact) mass is 513 g/mol. The summed E-state index contributed by atoms with van der Waals surface area (Å²) in [5, 5.41) is 5.36. The van der Waals surface area contributed by atoms with Crippen LogP contribution in [0.4, 0.5) is 0 Å². The SMILES string of the molecule is Clc1ccc(CCc2ncc3nc(-c4c(Cl)cccc4Cl)n(CCC4CCNCC4)c3n2)cc1. The van der Waals surface area contributed by atoms with E-state index in [4.69, 9.17) is 44.8 Å². The molecule has 5 nitrogen and oxygen atoms in total. The molecule has 0 atom stereocenters. The topological polar surface area (TPSA) is 55.6 Å². The highest BCUT2D eigenvalue weighted by atomic mass is 35.5. The Morgan fingerprint density at radius 3 is 2.38 bits per heavy atom. The number of nitrogens with one attached hydrogen (secondary N) is 1. The molecule has 1 saturated heterocycles. The Labute approximate surface area is 214 Å². The van der Waals surface area contributed by atoms with E-state index in [-0.39, 0.29) is 0 Å². The van der Waals surface area contributed by atoms with Gasteiger partial charge in [0, 0.05) is 18.0 Å². The van der Waals surface area contributed by atoms with E-state index in [1.165, 1.54) is 18.4 Å². The number of hydrogen-bond donors (Lipinski definition) is 1. The predicted molar refractivity (Wildman–Crippen MR) is 140 cm³/mol. The molecule has 2 aromatic carbocycles. The van der Waals surface area contributed by atoms with Gasteiger partial charge in [0.2, 0.25) is 0 Å². The minimum absolute atomic E-state index is 0.585. The Kier molecular flexibility index (Phi) is 7.35. The number of piperidine rings is 1. The molecule has 1 fully saturated rings. The standard InChI is InChI=1S/C26H26Cl3N5/c27-19-7-4-17(5-8-19)6-9-23-31-16-22-25(33-23)34(15-12-18-10-13-30-14-11-18)26(32-22)24-20(28)2-1-3-21(24)29/h1-5,7-8,16,18,30H,6,9-15H2. The summed E-state index contributed by atoms with van der Waals surface area (Å²) in [5.74, 6) is 2.23. The predicted octanol–water partition coefficient (Wildman–Crippen LogP) is 6.63. The molecule has 0 aliphatic carbocycles. The molecule has 34 heavy (non-hydrogen) atoms. The van der Waals surface area contributed by atoms with Crippen LogP contribution in [-0.4, -0.2) is 32.6 Å². The Hall–Kier alpha value is -2.18. The number of halogens is 3. The number of rotatable bonds is 7. The third-order valence-corrected chi connectivity index (χ3v) is 7.38. The maximum Gasteiger partial charge on any atom is 0.164 e. The maximum absolute atomic E-state index is 6.58. The Morgan fingerprint density at radius 1 is 0.912 bits per heavy atom. The Balaban J connectivity index is 1.49. The summed E-state index contributed by atoms with van der Waals surface area (Å²) in [5.41, 5.74) is 3.54. The number of aryl methyl sites for hydroxylation is 3. The summed E-state index contributed by atoms with van der Waals surface area (Å²) in [6.07, 6.45) is 6.84. The summed E-state index contributed by atoms with van der Waals surface area (Å²) in [6, 6.07) is 13.5. The lowest BCUT2D eigenvalue weighted by molar-refractivity contribution is 0.339. The third kappa shape index (κ3) is 5.23. The molecule has 4 aromatic rings. The lowest BCUT2D eigenvalue weighted by Gasteiger charge is -2.23. The van der Waals surface area contributed by atoms with Crippen LogP contribution >= 0.6 is 34.8 Å². The number of nitrogens with zero attached hydrogens (tertiary/aromatic N) is 4. The average Bonchev–Trinajstić information content (AvgIpc) is 3.20. The van der Waals surface area contributed by atoms with Crippen LogP contribution in [0.1, 0.15) is 30.7 Å². The first-order chi connectivity index (χ1) is 16.6. The summed E-state index contributed by atoms with van der Waals surface area (Å²) in [4.78, 5) is 14.4. The number of hydrogen-bond acceptors (Lipinski definition) is 4. The van der Waals surface area contributed by atoms with Crippen LogP contribution in [0.2, 0.25) is 15.1 Å². The van der Waals surface area contributed by atoms with Crippen molar-refractivity contribution in [2.24, 2.45) is 5.92 Å². The fourth-order valence-electron chi connectivity index (χ4n) is 4.58. The molecule has 0 bridgehead atoms. The van der Waals surface area contributed by atoms with E-state index >= 15 is 0 Å². The van der Waals surface area contributed by atoms with E-state index < -0.39 is 0 Å². The largest absolute Gasteiger partial charge is 0.317 e. The van der Waals surface area contributed by atoms with Crippen LogP contribution < -0.4 is 5.32 Å². The van der Waals surface area contributed by atoms with Gasteiger partial charge in [0.25, 0.3) is 0 Å². The van der Waals surface area contributed by atoms with Crippen LogP contribution in [0.25, 0.3) is 22.6 Å². The first kappa shape index (κ1) is 23.6. The van der Waals surface area contributed by atoms with Crippen molar-refractivity contribution in [2.75, 3.05) is 13.1 Å². The second kappa shape index (κ2) is 10.6. The molecule has 1 N–H and O–H groups in total. The van der Waals surface area contributed by atoms with E-state index in [0.29, 0.717) is 16.0 Å². The lowest BCUT2D eigenvalue weighted by Crippen LogP contribution is -2.28. The zero-order valence-electron chi connectivity index (χ0n) is 18.8. The highest BCUT2D eigenvalue weighted by Gasteiger charge is 2.21. The van der Waals surface area contributed by atoms with E-state index in [1.54, 1.807) is 0 Å². The first-order valence-corrected chi connectivity index (χ1v) is 12.8. The van der Waals surface area contributed by atoms with Gasteiger partial charge in [-0.2, -0.15) is 0 Å². The molecule has 0 saturated carbocycles. The van der Waals surface area contributed by atoms with Gasteiger partial charge >= 0.3 is 0 Å². The molecule has 2 aromatic heterocycles. The molecule has 1 aliphatic rings. The van der Waals surface area contributed by atoms with Crippen LogP contribution in [0.15, 0.2) is 48.7 Å². The van der Waals surface area contributed by atoms with E-state index in [1.807, 2.05) is 48.7 Å². The Morgan fingerprint density at radius 2 is 1.65 bits per heavy atom. The number of imidazole rings is 1. The minimum Gasteiger partial charge on any atom is -0.317 e. The minimum atomic E-state index is 0.585.